The van der Waals surface area contributed by atoms with E-state index in [9.17, 15) is 15.0 Å². The molecule has 0 radical (unpaired) electrons. The molecule has 41 heavy (non-hydrogen) atoms. The Morgan fingerprint density at radius 1 is 1.15 bits per heavy atom. The molecule has 5 N–H and O–H groups in total. The van der Waals surface area contributed by atoms with E-state index in [1.807, 2.05) is 60.5 Å². The Balaban J connectivity index is 1.05. The Bertz CT molecular complexity index is 1670. The Kier molecular flexibility index (Phi) is 7.46. The standard InChI is InChI=1S/C28H28N8O4S/c1-17-13-25(33-32-17)30-27-20-5-4-12-36(20)34-28(31-27)41-19-10-8-18(9-11-19)29-26(39)16-35-14-22(38)24(15-35)40-23-7-3-2-6-21(23)37/h2-13,22,24,37-38H,14-16H2,1H3,(H,29,39)(H2,30,31,32,33,34)/t22-,24-/m0/s1. The number of aromatic amines is 1. The zero-order valence-electron chi connectivity index (χ0n) is 22.1. The molecule has 12 nitrogen and oxygen atoms in total. The molecule has 0 saturated carbocycles. The van der Waals surface area contributed by atoms with Crippen molar-refractivity contribution >= 4 is 40.5 Å². The minimum atomic E-state index is -0.772. The lowest BCUT2D eigenvalue weighted by molar-refractivity contribution is -0.117. The number of carbonyl (C=O) groups is 1. The average Bonchev–Trinajstić information content (AvgIpc) is 3.67. The number of aromatic hydroxyl groups is 1. The van der Waals surface area contributed by atoms with Crippen molar-refractivity contribution in [3.63, 3.8) is 0 Å². The second-order valence-corrected chi connectivity index (χ2v) is 10.7. The monoisotopic (exact) mass is 572 g/mol. The molecule has 1 aliphatic rings. The van der Waals surface area contributed by atoms with Gasteiger partial charge in [0.1, 0.15) is 17.7 Å². The molecular weight excluding hydrogens is 544 g/mol. The summed E-state index contributed by atoms with van der Waals surface area (Å²) in [5.41, 5.74) is 2.42. The molecule has 1 aliphatic heterocycles. The largest absolute Gasteiger partial charge is 0.504 e. The Hall–Kier alpha value is -4.59. The van der Waals surface area contributed by atoms with Gasteiger partial charge in [-0.3, -0.25) is 14.8 Å². The number of para-hydroxylation sites is 2. The summed E-state index contributed by atoms with van der Waals surface area (Å²) in [7, 11) is 0. The van der Waals surface area contributed by atoms with Gasteiger partial charge in [-0.2, -0.15) is 5.10 Å². The van der Waals surface area contributed by atoms with E-state index in [0.29, 0.717) is 41.3 Å². The molecule has 6 rings (SSSR count). The minimum absolute atomic E-state index is 0.00974. The highest BCUT2D eigenvalue weighted by Crippen LogP contribution is 2.30. The zero-order valence-corrected chi connectivity index (χ0v) is 22.9. The molecule has 1 fully saturated rings. The van der Waals surface area contributed by atoms with E-state index in [4.69, 9.17) is 9.72 Å². The van der Waals surface area contributed by atoms with Crippen LogP contribution >= 0.6 is 11.8 Å². The van der Waals surface area contributed by atoms with E-state index in [1.165, 1.54) is 17.8 Å². The number of phenols is 1. The number of phenolic OH excluding ortho intramolecular Hbond substituents is 1. The number of aliphatic hydroxyl groups is 1. The highest BCUT2D eigenvalue weighted by Gasteiger charge is 2.34. The minimum Gasteiger partial charge on any atom is -0.504 e. The van der Waals surface area contributed by atoms with Crippen molar-refractivity contribution in [1.82, 2.24) is 29.7 Å². The lowest BCUT2D eigenvalue weighted by Gasteiger charge is -2.17. The van der Waals surface area contributed by atoms with Crippen LogP contribution in [0, 0.1) is 6.92 Å². The van der Waals surface area contributed by atoms with Gasteiger partial charge >= 0.3 is 0 Å². The first-order valence-corrected chi connectivity index (χ1v) is 13.8. The molecule has 210 valence electrons. The van der Waals surface area contributed by atoms with Gasteiger partial charge in [-0.1, -0.05) is 12.1 Å². The van der Waals surface area contributed by atoms with Gasteiger partial charge in [0.25, 0.3) is 0 Å². The SMILES string of the molecule is Cc1cc(Nc2nc(Sc3ccc(NC(=O)CN4C[C@H](Oc5ccccc5O)[C@@H](O)C4)cc3)nn3cccc23)n[nH]1. The lowest BCUT2D eigenvalue weighted by Crippen LogP contribution is -2.33. The average molecular weight is 573 g/mol. The first-order valence-electron chi connectivity index (χ1n) is 13.0. The number of benzene rings is 2. The predicted molar refractivity (Wildman–Crippen MR) is 154 cm³/mol. The van der Waals surface area contributed by atoms with E-state index < -0.39 is 12.2 Å². The van der Waals surface area contributed by atoms with E-state index in [0.717, 1.165) is 16.1 Å². The third kappa shape index (κ3) is 6.27. The maximum atomic E-state index is 12.7. The number of hydrogen-bond acceptors (Lipinski definition) is 10. The maximum absolute atomic E-state index is 12.7. The molecule has 1 saturated heterocycles. The number of H-pyrrole nitrogens is 1. The second-order valence-electron chi connectivity index (χ2n) is 9.70. The van der Waals surface area contributed by atoms with E-state index in [1.54, 1.807) is 22.7 Å². The molecule has 3 aromatic heterocycles. The van der Waals surface area contributed by atoms with E-state index in [2.05, 4.69) is 25.9 Å². The number of ether oxygens (including phenoxy) is 1. The van der Waals surface area contributed by atoms with Gasteiger partial charge in [0, 0.05) is 41.6 Å². The third-order valence-corrected chi connectivity index (χ3v) is 7.36. The normalized spacial score (nSPS) is 17.1. The van der Waals surface area contributed by atoms with Crippen LogP contribution in [-0.2, 0) is 4.79 Å². The van der Waals surface area contributed by atoms with Gasteiger partial charge in [-0.15, -0.1) is 5.10 Å². The van der Waals surface area contributed by atoms with Crippen LogP contribution < -0.4 is 15.4 Å². The van der Waals surface area contributed by atoms with Crippen LogP contribution in [0.25, 0.3) is 5.52 Å². The van der Waals surface area contributed by atoms with Crippen LogP contribution in [-0.4, -0.2) is 77.7 Å². The molecule has 4 heterocycles. The number of fused-ring (bicyclic) bond motifs is 1. The Morgan fingerprint density at radius 2 is 1.98 bits per heavy atom. The summed E-state index contributed by atoms with van der Waals surface area (Å²) in [4.78, 5) is 20.1. The molecule has 5 aromatic rings. The number of nitrogens with zero attached hydrogens (tertiary/aromatic N) is 5. The van der Waals surface area contributed by atoms with Crippen LogP contribution in [0.1, 0.15) is 5.69 Å². The lowest BCUT2D eigenvalue weighted by atomic mass is 10.2. The highest BCUT2D eigenvalue weighted by molar-refractivity contribution is 7.99. The van der Waals surface area contributed by atoms with Crippen molar-refractivity contribution in [2.24, 2.45) is 0 Å². The second kappa shape index (κ2) is 11.5. The first kappa shape index (κ1) is 26.6. The van der Waals surface area contributed by atoms with Crippen molar-refractivity contribution in [1.29, 1.82) is 0 Å². The Morgan fingerprint density at radius 3 is 2.76 bits per heavy atom. The molecule has 13 heteroatoms. The molecule has 2 atom stereocenters. The van der Waals surface area contributed by atoms with Gasteiger partial charge in [-0.25, -0.2) is 9.50 Å². The zero-order chi connectivity index (χ0) is 28.3. The van der Waals surface area contributed by atoms with Crippen LogP contribution in [0.2, 0.25) is 0 Å². The van der Waals surface area contributed by atoms with Crippen LogP contribution in [0.3, 0.4) is 0 Å². The smallest absolute Gasteiger partial charge is 0.238 e. The summed E-state index contributed by atoms with van der Waals surface area (Å²) < 4.78 is 7.53. The fraction of sp³-hybridized carbons (Fsp3) is 0.214. The molecule has 1 amide bonds. The van der Waals surface area contributed by atoms with Crippen molar-refractivity contribution in [3.05, 3.63) is 78.6 Å². The summed E-state index contributed by atoms with van der Waals surface area (Å²) in [6.07, 6.45) is 0.547. The summed E-state index contributed by atoms with van der Waals surface area (Å²) in [5.74, 6) is 1.42. The molecular formula is C28H28N8O4S. The summed E-state index contributed by atoms with van der Waals surface area (Å²) in [5, 5.41) is 38.8. The fourth-order valence-electron chi connectivity index (χ4n) is 4.57. The number of aryl methyl sites for hydroxylation is 1. The van der Waals surface area contributed by atoms with Crippen molar-refractivity contribution in [3.8, 4) is 11.5 Å². The van der Waals surface area contributed by atoms with Crippen LogP contribution in [0.4, 0.5) is 17.3 Å². The van der Waals surface area contributed by atoms with Gasteiger partial charge in [0.15, 0.2) is 23.1 Å². The quantitative estimate of drug-likeness (QED) is 0.178. The molecule has 0 bridgehead atoms. The number of rotatable bonds is 9. The number of anilines is 3. The highest BCUT2D eigenvalue weighted by atomic mass is 32.2. The van der Waals surface area contributed by atoms with Gasteiger partial charge in [-0.05, 0) is 67.2 Å². The molecule has 0 unspecified atom stereocenters. The number of aromatic nitrogens is 5. The summed E-state index contributed by atoms with van der Waals surface area (Å²) >= 11 is 1.40. The number of β-amino-alcohol motifs (C(OH)–C–C–N with tert-alkyl or cyclic N) is 1. The number of amides is 1. The van der Waals surface area contributed by atoms with Gasteiger partial charge in [0.05, 0.1) is 6.54 Å². The number of aliphatic hydroxyl groups excluding tert-OH is 1. The van der Waals surface area contributed by atoms with Crippen LogP contribution in [0.5, 0.6) is 11.5 Å². The summed E-state index contributed by atoms with van der Waals surface area (Å²) in [6, 6.07) is 19.8. The predicted octanol–water partition coefficient (Wildman–Crippen LogP) is 3.42. The van der Waals surface area contributed by atoms with Crippen molar-refractivity contribution in [2.45, 2.75) is 29.2 Å². The molecule has 0 aliphatic carbocycles. The van der Waals surface area contributed by atoms with Gasteiger partial charge in [0.2, 0.25) is 11.1 Å². The number of likely N-dealkylation sites (tertiary alicyclic amines) is 1. The number of nitrogens with one attached hydrogen (secondary N) is 3. The number of carbonyl (C=O) groups excluding carboxylic acids is 1. The molecule has 0 spiro atoms. The summed E-state index contributed by atoms with van der Waals surface area (Å²) in [6.45, 7) is 2.69. The third-order valence-electron chi connectivity index (χ3n) is 6.49. The maximum Gasteiger partial charge on any atom is 0.238 e. The van der Waals surface area contributed by atoms with E-state index in [-0.39, 0.29) is 18.2 Å². The topological polar surface area (TPSA) is 153 Å². The fourth-order valence-corrected chi connectivity index (χ4v) is 5.31. The molecule has 2 aromatic carbocycles. The van der Waals surface area contributed by atoms with E-state index >= 15 is 0 Å². The first-order chi connectivity index (χ1) is 19.9. The van der Waals surface area contributed by atoms with Crippen molar-refractivity contribution < 1.29 is 19.7 Å². The Labute approximate surface area is 239 Å². The number of hydrogen-bond donors (Lipinski definition) is 5. The van der Waals surface area contributed by atoms with Crippen LogP contribution in [0.15, 0.2) is 83.0 Å². The van der Waals surface area contributed by atoms with Crippen molar-refractivity contribution in [2.75, 3.05) is 30.3 Å². The van der Waals surface area contributed by atoms with Gasteiger partial charge < -0.3 is 25.6 Å².